The van der Waals surface area contributed by atoms with Crippen molar-refractivity contribution in [3.05, 3.63) is 24.3 Å². The third-order valence-corrected chi connectivity index (χ3v) is 3.30. The second-order valence-electron chi connectivity index (χ2n) is 4.76. The molecule has 0 aromatic heterocycles. The zero-order chi connectivity index (χ0) is 13.8. The molecule has 0 heterocycles. The number of amides is 3. The first kappa shape index (κ1) is 16.3. The molecule has 2 unspecified atom stereocenters. The predicted octanol–water partition coefficient (Wildman–Crippen LogP) is 1.66. The Labute approximate surface area is 123 Å². The van der Waals surface area contributed by atoms with Crippen LogP contribution in [0.2, 0.25) is 0 Å². The number of hydrogen-bond acceptors (Lipinski definition) is 3. The summed E-state index contributed by atoms with van der Waals surface area (Å²) >= 11 is 0. The third kappa shape index (κ3) is 4.11. The number of nitrogens with one attached hydrogen (secondary N) is 2. The normalized spacial score (nSPS) is 20.9. The van der Waals surface area contributed by atoms with Crippen molar-refractivity contribution >= 4 is 35.7 Å². The SMILES string of the molecule is Cl.NC(=O)Nc1cccc(NC(=O)C2CCCC2N)c1. The number of benzene rings is 1. The Balaban J connectivity index is 0.00000200. The number of hydrogen-bond donors (Lipinski definition) is 4. The van der Waals surface area contributed by atoms with Gasteiger partial charge in [0, 0.05) is 17.4 Å². The van der Waals surface area contributed by atoms with Gasteiger partial charge in [0.05, 0.1) is 5.92 Å². The highest BCUT2D eigenvalue weighted by atomic mass is 35.5. The fourth-order valence-corrected chi connectivity index (χ4v) is 2.37. The smallest absolute Gasteiger partial charge is 0.316 e. The third-order valence-electron chi connectivity index (χ3n) is 3.30. The van der Waals surface area contributed by atoms with E-state index in [-0.39, 0.29) is 30.3 Å². The van der Waals surface area contributed by atoms with Crippen molar-refractivity contribution in [1.82, 2.24) is 0 Å². The molecule has 0 radical (unpaired) electrons. The molecule has 1 aromatic rings. The van der Waals surface area contributed by atoms with Crippen LogP contribution < -0.4 is 22.1 Å². The molecule has 1 aromatic carbocycles. The van der Waals surface area contributed by atoms with E-state index in [1.165, 1.54) is 0 Å². The summed E-state index contributed by atoms with van der Waals surface area (Å²) < 4.78 is 0. The van der Waals surface area contributed by atoms with Crippen LogP contribution in [0.15, 0.2) is 24.3 Å². The number of halogens is 1. The van der Waals surface area contributed by atoms with Gasteiger partial charge in [0.1, 0.15) is 0 Å². The molecule has 0 saturated heterocycles. The van der Waals surface area contributed by atoms with E-state index in [0.717, 1.165) is 19.3 Å². The number of rotatable bonds is 3. The van der Waals surface area contributed by atoms with E-state index in [9.17, 15) is 9.59 Å². The first-order valence-corrected chi connectivity index (χ1v) is 6.29. The van der Waals surface area contributed by atoms with Gasteiger partial charge in [-0.3, -0.25) is 4.79 Å². The molecule has 6 N–H and O–H groups in total. The van der Waals surface area contributed by atoms with Crippen molar-refractivity contribution in [2.75, 3.05) is 10.6 Å². The first-order valence-electron chi connectivity index (χ1n) is 6.29. The largest absolute Gasteiger partial charge is 0.351 e. The molecule has 7 heteroatoms. The topological polar surface area (TPSA) is 110 Å². The quantitative estimate of drug-likeness (QED) is 0.681. The molecule has 3 amide bonds. The maximum absolute atomic E-state index is 12.1. The number of carbonyl (C=O) groups excluding carboxylic acids is 2. The predicted molar refractivity (Wildman–Crippen MR) is 80.8 cm³/mol. The molecule has 6 nitrogen and oxygen atoms in total. The van der Waals surface area contributed by atoms with Crippen LogP contribution in [0, 0.1) is 5.92 Å². The molecule has 1 saturated carbocycles. The highest BCUT2D eigenvalue weighted by Gasteiger charge is 2.30. The molecular formula is C13H19ClN4O2. The van der Waals surface area contributed by atoms with Crippen LogP contribution >= 0.6 is 12.4 Å². The molecule has 20 heavy (non-hydrogen) atoms. The Kier molecular flexibility index (Phi) is 5.79. The average molecular weight is 299 g/mol. The van der Waals surface area contributed by atoms with Gasteiger partial charge in [-0.05, 0) is 31.0 Å². The standard InChI is InChI=1S/C13H18N4O2.ClH/c14-11-6-2-5-10(11)12(18)16-8-3-1-4-9(7-8)17-13(15)19;/h1,3-4,7,10-11H,2,5-6,14H2,(H,16,18)(H3,15,17,19);1H. The number of urea groups is 1. The number of nitrogens with two attached hydrogens (primary N) is 2. The zero-order valence-corrected chi connectivity index (χ0v) is 11.8. The van der Waals surface area contributed by atoms with Gasteiger partial charge in [0.15, 0.2) is 0 Å². The van der Waals surface area contributed by atoms with E-state index in [1.807, 2.05) is 0 Å². The fraction of sp³-hybridized carbons (Fsp3) is 0.385. The van der Waals surface area contributed by atoms with Gasteiger partial charge < -0.3 is 22.1 Å². The minimum atomic E-state index is -0.638. The van der Waals surface area contributed by atoms with Gasteiger partial charge in [-0.15, -0.1) is 12.4 Å². The highest BCUT2D eigenvalue weighted by Crippen LogP contribution is 2.25. The maximum Gasteiger partial charge on any atom is 0.316 e. The van der Waals surface area contributed by atoms with Gasteiger partial charge in [0.25, 0.3) is 0 Å². The Hall–Kier alpha value is -1.79. The Morgan fingerprint density at radius 1 is 1.15 bits per heavy atom. The molecular weight excluding hydrogens is 280 g/mol. The number of primary amides is 1. The van der Waals surface area contributed by atoms with E-state index in [0.29, 0.717) is 11.4 Å². The van der Waals surface area contributed by atoms with Crippen LogP contribution in [-0.2, 0) is 4.79 Å². The van der Waals surface area contributed by atoms with E-state index in [4.69, 9.17) is 11.5 Å². The van der Waals surface area contributed by atoms with E-state index >= 15 is 0 Å². The van der Waals surface area contributed by atoms with Crippen molar-refractivity contribution in [2.24, 2.45) is 17.4 Å². The number of anilines is 2. The zero-order valence-electron chi connectivity index (χ0n) is 11.0. The van der Waals surface area contributed by atoms with E-state index in [1.54, 1.807) is 24.3 Å². The van der Waals surface area contributed by atoms with Crippen molar-refractivity contribution in [3.63, 3.8) is 0 Å². The van der Waals surface area contributed by atoms with Gasteiger partial charge in [-0.25, -0.2) is 4.79 Å². The van der Waals surface area contributed by atoms with Gasteiger partial charge in [-0.2, -0.15) is 0 Å². The van der Waals surface area contributed by atoms with Crippen LogP contribution in [0.5, 0.6) is 0 Å². The van der Waals surface area contributed by atoms with Crippen LogP contribution in [0.25, 0.3) is 0 Å². The van der Waals surface area contributed by atoms with Crippen molar-refractivity contribution in [3.8, 4) is 0 Å². The fourth-order valence-electron chi connectivity index (χ4n) is 2.37. The summed E-state index contributed by atoms with van der Waals surface area (Å²) in [4.78, 5) is 22.8. The summed E-state index contributed by atoms with van der Waals surface area (Å²) in [5, 5.41) is 5.28. The molecule has 110 valence electrons. The van der Waals surface area contributed by atoms with E-state index < -0.39 is 6.03 Å². The number of carbonyl (C=O) groups is 2. The van der Waals surface area contributed by atoms with Crippen LogP contribution in [0.3, 0.4) is 0 Å². The first-order chi connectivity index (χ1) is 9.06. The summed E-state index contributed by atoms with van der Waals surface area (Å²) in [5.74, 6) is -0.200. The summed E-state index contributed by atoms with van der Waals surface area (Å²) in [5.41, 5.74) is 12.1. The lowest BCUT2D eigenvalue weighted by Gasteiger charge is -2.15. The maximum atomic E-state index is 12.1. The molecule has 0 bridgehead atoms. The summed E-state index contributed by atoms with van der Waals surface area (Å²) in [6.07, 6.45) is 2.70. The monoisotopic (exact) mass is 298 g/mol. The van der Waals surface area contributed by atoms with Crippen molar-refractivity contribution in [2.45, 2.75) is 25.3 Å². The van der Waals surface area contributed by atoms with Crippen LogP contribution in [0.4, 0.5) is 16.2 Å². The Bertz CT molecular complexity index is 495. The van der Waals surface area contributed by atoms with Crippen LogP contribution in [-0.4, -0.2) is 18.0 Å². The lowest BCUT2D eigenvalue weighted by Crippen LogP contribution is -2.34. The van der Waals surface area contributed by atoms with Crippen molar-refractivity contribution < 1.29 is 9.59 Å². The summed E-state index contributed by atoms with van der Waals surface area (Å²) in [6.45, 7) is 0. The van der Waals surface area contributed by atoms with E-state index in [2.05, 4.69) is 10.6 Å². The molecule has 2 atom stereocenters. The molecule has 0 aliphatic heterocycles. The lowest BCUT2D eigenvalue weighted by molar-refractivity contribution is -0.120. The molecule has 1 aliphatic rings. The minimum absolute atomic E-state index is 0. The second-order valence-corrected chi connectivity index (χ2v) is 4.76. The summed E-state index contributed by atoms with van der Waals surface area (Å²) in [7, 11) is 0. The van der Waals surface area contributed by atoms with Gasteiger partial charge in [-0.1, -0.05) is 12.5 Å². The van der Waals surface area contributed by atoms with Crippen LogP contribution in [0.1, 0.15) is 19.3 Å². The minimum Gasteiger partial charge on any atom is -0.351 e. The van der Waals surface area contributed by atoms with Crippen molar-refractivity contribution in [1.29, 1.82) is 0 Å². The average Bonchev–Trinajstić information content (AvgIpc) is 2.75. The highest BCUT2D eigenvalue weighted by molar-refractivity contribution is 5.94. The van der Waals surface area contributed by atoms with Gasteiger partial charge in [0.2, 0.25) is 5.91 Å². The summed E-state index contributed by atoms with van der Waals surface area (Å²) in [6, 6.07) is 6.14. The Morgan fingerprint density at radius 2 is 1.80 bits per heavy atom. The molecule has 2 rings (SSSR count). The molecule has 1 aliphatic carbocycles. The lowest BCUT2D eigenvalue weighted by atomic mass is 10.0. The van der Waals surface area contributed by atoms with Gasteiger partial charge >= 0.3 is 6.03 Å². The molecule has 1 fully saturated rings. The Morgan fingerprint density at radius 3 is 2.35 bits per heavy atom. The second kappa shape index (κ2) is 7.12. The molecule has 0 spiro atoms.